The van der Waals surface area contributed by atoms with Crippen LogP contribution in [0, 0.1) is 0 Å². The molecule has 5 nitrogen and oxygen atoms in total. The van der Waals surface area contributed by atoms with E-state index in [1.165, 1.54) is 0 Å². The van der Waals surface area contributed by atoms with Crippen molar-refractivity contribution in [3.8, 4) is 22.8 Å². The number of para-hydroxylation sites is 1. The van der Waals surface area contributed by atoms with Crippen molar-refractivity contribution in [1.82, 2.24) is 4.98 Å². The Balaban J connectivity index is 2.22. The van der Waals surface area contributed by atoms with E-state index < -0.39 is 5.97 Å². The smallest absolute Gasteiger partial charge is 0.336 e. The van der Waals surface area contributed by atoms with E-state index in [4.69, 9.17) is 9.47 Å². The Kier molecular flexibility index (Phi) is 3.85. The maximum atomic E-state index is 11.5. The summed E-state index contributed by atoms with van der Waals surface area (Å²) >= 11 is 0. The minimum atomic E-state index is -0.981. The van der Waals surface area contributed by atoms with Crippen LogP contribution < -0.4 is 9.47 Å². The number of carboxylic acid groups (broad SMARTS) is 1. The van der Waals surface area contributed by atoms with Crippen molar-refractivity contribution >= 4 is 16.9 Å². The van der Waals surface area contributed by atoms with Crippen LogP contribution in [0.15, 0.2) is 48.5 Å². The normalized spacial score (nSPS) is 10.5. The van der Waals surface area contributed by atoms with Crippen molar-refractivity contribution < 1.29 is 19.4 Å². The minimum absolute atomic E-state index is 0.223. The van der Waals surface area contributed by atoms with Gasteiger partial charge in [-0.2, -0.15) is 0 Å². The molecule has 0 saturated carbocycles. The topological polar surface area (TPSA) is 68.7 Å². The molecular weight excluding hydrogens is 294 g/mol. The third-order valence-corrected chi connectivity index (χ3v) is 3.63. The number of pyridine rings is 1. The van der Waals surface area contributed by atoms with Crippen molar-refractivity contribution in [3.63, 3.8) is 0 Å². The largest absolute Gasteiger partial charge is 0.493 e. The van der Waals surface area contributed by atoms with Crippen molar-refractivity contribution in [2.45, 2.75) is 0 Å². The summed E-state index contributed by atoms with van der Waals surface area (Å²) < 4.78 is 10.5. The number of hydrogen-bond acceptors (Lipinski definition) is 4. The lowest BCUT2D eigenvalue weighted by Gasteiger charge is -2.11. The molecule has 1 N–H and O–H groups in total. The fourth-order valence-electron chi connectivity index (χ4n) is 2.50. The van der Waals surface area contributed by atoms with Gasteiger partial charge in [-0.25, -0.2) is 9.78 Å². The molecule has 0 unspecified atom stereocenters. The van der Waals surface area contributed by atoms with Crippen LogP contribution in [0.3, 0.4) is 0 Å². The average molecular weight is 309 g/mol. The van der Waals surface area contributed by atoms with Crippen LogP contribution in [0.5, 0.6) is 11.5 Å². The average Bonchev–Trinajstić information content (AvgIpc) is 2.59. The van der Waals surface area contributed by atoms with Crippen LogP contribution in [-0.2, 0) is 0 Å². The number of fused-ring (bicyclic) bond motifs is 1. The molecule has 5 heteroatoms. The highest BCUT2D eigenvalue weighted by Gasteiger charge is 2.14. The van der Waals surface area contributed by atoms with Gasteiger partial charge in [-0.05, 0) is 30.3 Å². The predicted molar refractivity (Wildman–Crippen MR) is 87.2 cm³/mol. The van der Waals surface area contributed by atoms with Gasteiger partial charge in [0.25, 0.3) is 0 Å². The van der Waals surface area contributed by atoms with Crippen molar-refractivity contribution in [2.75, 3.05) is 14.2 Å². The van der Waals surface area contributed by atoms with E-state index >= 15 is 0 Å². The second-order valence-electron chi connectivity index (χ2n) is 4.95. The van der Waals surface area contributed by atoms with E-state index in [0.717, 1.165) is 5.56 Å². The van der Waals surface area contributed by atoms with Gasteiger partial charge in [0.2, 0.25) is 0 Å². The lowest BCUT2D eigenvalue weighted by atomic mass is 10.0. The Morgan fingerprint density at radius 1 is 1.00 bits per heavy atom. The zero-order chi connectivity index (χ0) is 16.4. The van der Waals surface area contributed by atoms with Crippen LogP contribution in [-0.4, -0.2) is 30.3 Å². The van der Waals surface area contributed by atoms with E-state index in [0.29, 0.717) is 28.1 Å². The monoisotopic (exact) mass is 309 g/mol. The molecule has 0 aliphatic heterocycles. The summed E-state index contributed by atoms with van der Waals surface area (Å²) in [5.41, 5.74) is 2.19. The molecule has 3 aromatic rings. The molecule has 0 radical (unpaired) electrons. The van der Waals surface area contributed by atoms with E-state index in [2.05, 4.69) is 4.98 Å². The van der Waals surface area contributed by atoms with E-state index in [1.54, 1.807) is 50.6 Å². The highest BCUT2D eigenvalue weighted by atomic mass is 16.5. The molecule has 1 heterocycles. The summed E-state index contributed by atoms with van der Waals surface area (Å²) in [5.74, 6) is 0.192. The zero-order valence-electron chi connectivity index (χ0n) is 12.7. The molecule has 0 atom stereocenters. The summed E-state index contributed by atoms with van der Waals surface area (Å²) in [6, 6.07) is 14.1. The van der Waals surface area contributed by atoms with E-state index in [-0.39, 0.29) is 5.56 Å². The first-order valence-electron chi connectivity index (χ1n) is 6.99. The standard InChI is InChI=1S/C18H15NO4/c1-22-16-8-7-11(9-17(16)23-2)15-10-13(18(20)21)12-5-3-4-6-14(12)19-15/h3-10H,1-2H3,(H,20,21). The molecule has 23 heavy (non-hydrogen) atoms. The summed E-state index contributed by atoms with van der Waals surface area (Å²) in [7, 11) is 3.12. The van der Waals surface area contributed by atoms with Crippen molar-refractivity contribution in [3.05, 3.63) is 54.1 Å². The van der Waals surface area contributed by atoms with Crippen LogP contribution in [0.25, 0.3) is 22.2 Å². The predicted octanol–water partition coefficient (Wildman–Crippen LogP) is 3.62. The summed E-state index contributed by atoms with van der Waals surface area (Å²) in [6.45, 7) is 0. The molecule has 3 rings (SSSR count). The third-order valence-electron chi connectivity index (χ3n) is 3.63. The maximum Gasteiger partial charge on any atom is 0.336 e. The van der Waals surface area contributed by atoms with E-state index in [1.807, 2.05) is 12.1 Å². The summed E-state index contributed by atoms with van der Waals surface area (Å²) in [5, 5.41) is 10.1. The van der Waals surface area contributed by atoms with Gasteiger partial charge in [-0.1, -0.05) is 18.2 Å². The molecule has 1 aromatic heterocycles. The van der Waals surface area contributed by atoms with Gasteiger partial charge in [0.05, 0.1) is 31.0 Å². The number of aromatic carboxylic acids is 1. The van der Waals surface area contributed by atoms with Crippen LogP contribution in [0.4, 0.5) is 0 Å². The first-order chi connectivity index (χ1) is 11.1. The Bertz CT molecular complexity index is 889. The van der Waals surface area contributed by atoms with Gasteiger partial charge in [0.15, 0.2) is 11.5 Å². The lowest BCUT2D eigenvalue weighted by molar-refractivity contribution is 0.0699. The minimum Gasteiger partial charge on any atom is -0.493 e. The Morgan fingerprint density at radius 3 is 2.43 bits per heavy atom. The van der Waals surface area contributed by atoms with Gasteiger partial charge < -0.3 is 14.6 Å². The second-order valence-corrected chi connectivity index (χ2v) is 4.95. The van der Waals surface area contributed by atoms with E-state index in [9.17, 15) is 9.90 Å². The number of hydrogen-bond donors (Lipinski definition) is 1. The Hall–Kier alpha value is -3.08. The van der Waals surface area contributed by atoms with Gasteiger partial charge >= 0.3 is 5.97 Å². The van der Waals surface area contributed by atoms with Crippen molar-refractivity contribution in [2.24, 2.45) is 0 Å². The highest BCUT2D eigenvalue weighted by Crippen LogP contribution is 2.33. The van der Waals surface area contributed by atoms with Gasteiger partial charge in [0, 0.05) is 10.9 Å². The first kappa shape index (κ1) is 14.8. The number of rotatable bonds is 4. The fraction of sp³-hybridized carbons (Fsp3) is 0.111. The molecular formula is C18H15NO4. The SMILES string of the molecule is COc1ccc(-c2cc(C(=O)O)c3ccccc3n2)cc1OC. The van der Waals surface area contributed by atoms with Gasteiger partial charge in [0.1, 0.15) is 0 Å². The molecule has 0 bridgehead atoms. The Labute approximate surface area is 133 Å². The van der Waals surface area contributed by atoms with Crippen molar-refractivity contribution in [1.29, 1.82) is 0 Å². The molecule has 0 amide bonds. The first-order valence-corrected chi connectivity index (χ1v) is 6.99. The molecule has 0 aliphatic rings. The van der Waals surface area contributed by atoms with Crippen LogP contribution in [0.2, 0.25) is 0 Å². The van der Waals surface area contributed by atoms with Gasteiger partial charge in [-0.15, -0.1) is 0 Å². The molecule has 116 valence electrons. The van der Waals surface area contributed by atoms with Crippen LogP contribution >= 0.6 is 0 Å². The number of methoxy groups -OCH3 is 2. The van der Waals surface area contributed by atoms with Gasteiger partial charge in [-0.3, -0.25) is 0 Å². The zero-order valence-corrected chi connectivity index (χ0v) is 12.7. The second kappa shape index (κ2) is 5.96. The number of benzene rings is 2. The summed E-state index contributed by atoms with van der Waals surface area (Å²) in [4.78, 5) is 16.1. The fourth-order valence-corrected chi connectivity index (χ4v) is 2.50. The number of carbonyl (C=O) groups is 1. The molecule has 0 fully saturated rings. The number of nitrogens with zero attached hydrogens (tertiary/aromatic N) is 1. The number of aromatic nitrogens is 1. The molecule has 2 aromatic carbocycles. The molecule has 0 aliphatic carbocycles. The molecule has 0 saturated heterocycles. The number of carboxylic acids is 1. The lowest BCUT2D eigenvalue weighted by Crippen LogP contribution is -2.00. The summed E-state index contributed by atoms with van der Waals surface area (Å²) in [6.07, 6.45) is 0. The third kappa shape index (κ3) is 2.68. The molecule has 0 spiro atoms. The quantitative estimate of drug-likeness (QED) is 0.797. The number of ether oxygens (including phenoxy) is 2. The van der Waals surface area contributed by atoms with Crippen LogP contribution in [0.1, 0.15) is 10.4 Å². The Morgan fingerprint density at radius 2 is 1.74 bits per heavy atom. The highest BCUT2D eigenvalue weighted by molar-refractivity contribution is 6.03. The maximum absolute atomic E-state index is 11.5.